The van der Waals surface area contributed by atoms with E-state index in [1.165, 1.54) is 18.5 Å². The summed E-state index contributed by atoms with van der Waals surface area (Å²) in [5.74, 6) is 0.0223. The predicted octanol–water partition coefficient (Wildman–Crippen LogP) is 3.12. The second-order valence-corrected chi connectivity index (χ2v) is 6.00. The summed E-state index contributed by atoms with van der Waals surface area (Å²) in [6.45, 7) is 2.36. The second-order valence-electron chi connectivity index (χ2n) is 6.00. The van der Waals surface area contributed by atoms with Crippen molar-refractivity contribution in [2.75, 3.05) is 5.32 Å². The van der Waals surface area contributed by atoms with E-state index in [4.69, 9.17) is 4.74 Å². The third-order valence-electron chi connectivity index (χ3n) is 3.78. The quantitative estimate of drug-likeness (QED) is 0.822. The minimum atomic E-state index is -2.90. The third-order valence-corrected chi connectivity index (χ3v) is 3.78. The Kier molecular flexibility index (Phi) is 4.88. The summed E-state index contributed by atoms with van der Waals surface area (Å²) in [7, 11) is 0. The Morgan fingerprint density at radius 2 is 1.96 bits per heavy atom. The molecule has 138 valence electrons. The van der Waals surface area contributed by atoms with Crippen molar-refractivity contribution < 1.29 is 23.0 Å². The highest BCUT2D eigenvalue weighted by Crippen LogP contribution is 2.36. The van der Waals surface area contributed by atoms with Crippen LogP contribution in [0.25, 0.3) is 0 Å². The van der Waals surface area contributed by atoms with Gasteiger partial charge < -0.3 is 14.8 Å². The number of benzene rings is 1. The van der Waals surface area contributed by atoms with Gasteiger partial charge in [-0.25, -0.2) is 9.48 Å². The molecular formula is C17H18F2N4O3. The zero-order chi connectivity index (χ0) is 18.8. The van der Waals surface area contributed by atoms with Gasteiger partial charge in [-0.3, -0.25) is 0 Å². The van der Waals surface area contributed by atoms with Gasteiger partial charge in [0.25, 0.3) is 0 Å². The number of allylic oxidation sites excluding steroid dienone is 1. The lowest BCUT2D eigenvalue weighted by Crippen LogP contribution is -2.30. The molecule has 0 radical (unpaired) electrons. The number of nitrogens with one attached hydrogen (secondary N) is 1. The van der Waals surface area contributed by atoms with E-state index in [9.17, 15) is 13.6 Å². The molecule has 1 atom stereocenters. The first-order valence-electron chi connectivity index (χ1n) is 8.00. The zero-order valence-corrected chi connectivity index (χ0v) is 14.4. The maximum Gasteiger partial charge on any atom is 0.387 e. The third kappa shape index (κ3) is 3.51. The van der Waals surface area contributed by atoms with Crippen molar-refractivity contribution in [3.8, 4) is 5.75 Å². The molecule has 0 bridgehead atoms. The molecule has 0 saturated heterocycles. The van der Waals surface area contributed by atoms with Crippen LogP contribution in [0.15, 0.2) is 41.9 Å². The van der Waals surface area contributed by atoms with Crippen LogP contribution in [0, 0.1) is 0 Å². The number of hydrogen-bond donors (Lipinski definition) is 1. The van der Waals surface area contributed by atoms with Crippen molar-refractivity contribution in [1.29, 1.82) is 0 Å². The van der Waals surface area contributed by atoms with Crippen LogP contribution >= 0.6 is 0 Å². The second kappa shape index (κ2) is 7.11. The number of nitrogens with zero attached hydrogens (tertiary/aromatic N) is 3. The van der Waals surface area contributed by atoms with Gasteiger partial charge in [0.05, 0.1) is 11.7 Å². The smallest absolute Gasteiger partial charge is 0.387 e. The molecular weight excluding hydrogens is 346 g/mol. The Morgan fingerprint density at radius 3 is 2.58 bits per heavy atom. The van der Waals surface area contributed by atoms with Gasteiger partial charge in [-0.1, -0.05) is 12.1 Å². The van der Waals surface area contributed by atoms with Crippen LogP contribution in [0.2, 0.25) is 0 Å². The van der Waals surface area contributed by atoms with Gasteiger partial charge in [0.1, 0.15) is 18.1 Å². The van der Waals surface area contributed by atoms with Gasteiger partial charge in [-0.15, -0.1) is 0 Å². The number of carbonyl (C=O) groups is 1. The highest BCUT2D eigenvalue weighted by Gasteiger charge is 2.34. The number of ether oxygens (including phenoxy) is 2. The Labute approximate surface area is 148 Å². The van der Waals surface area contributed by atoms with E-state index in [1.54, 1.807) is 37.6 Å². The molecule has 0 amide bonds. The minimum Gasteiger partial charge on any atom is -0.459 e. The summed E-state index contributed by atoms with van der Waals surface area (Å²) in [5, 5.41) is 7.21. The number of alkyl halides is 2. The summed E-state index contributed by atoms with van der Waals surface area (Å²) in [4.78, 5) is 16.8. The van der Waals surface area contributed by atoms with Crippen LogP contribution in [0.4, 0.5) is 14.7 Å². The molecule has 3 rings (SSSR count). The number of carbonyl (C=O) groups excluding carboxylic acids is 1. The molecule has 1 unspecified atom stereocenters. The van der Waals surface area contributed by atoms with Crippen molar-refractivity contribution in [2.45, 2.75) is 39.5 Å². The van der Waals surface area contributed by atoms with E-state index < -0.39 is 18.6 Å². The average molecular weight is 364 g/mol. The van der Waals surface area contributed by atoms with E-state index >= 15 is 0 Å². The van der Waals surface area contributed by atoms with Crippen molar-refractivity contribution in [3.63, 3.8) is 0 Å². The number of halogens is 2. The van der Waals surface area contributed by atoms with Crippen molar-refractivity contribution in [3.05, 3.63) is 47.4 Å². The molecule has 0 aliphatic carbocycles. The Hall–Kier alpha value is -2.97. The molecule has 1 N–H and O–H groups in total. The monoisotopic (exact) mass is 364 g/mol. The molecule has 1 aliphatic rings. The van der Waals surface area contributed by atoms with Gasteiger partial charge in [-0.2, -0.15) is 18.9 Å². The fourth-order valence-electron chi connectivity index (χ4n) is 2.77. The zero-order valence-electron chi connectivity index (χ0n) is 14.4. The van der Waals surface area contributed by atoms with Crippen LogP contribution in [-0.4, -0.2) is 33.4 Å². The summed E-state index contributed by atoms with van der Waals surface area (Å²) in [6.07, 6.45) is 1.08. The van der Waals surface area contributed by atoms with Crippen LogP contribution in [0.1, 0.15) is 32.4 Å². The van der Waals surface area contributed by atoms with Crippen molar-refractivity contribution in [2.24, 2.45) is 0 Å². The molecule has 0 spiro atoms. The van der Waals surface area contributed by atoms with Gasteiger partial charge in [0.2, 0.25) is 5.95 Å². The number of fused-ring (bicyclic) bond motifs is 1. The highest BCUT2D eigenvalue weighted by atomic mass is 19.3. The molecule has 1 aromatic heterocycles. The standard InChI is InChI=1S/C17H18F2N4O3/c1-9(2)25-15(24)13-10(3)22-17-20-8-21-23(17)14(13)11-4-6-12(7-5-11)26-16(18)19/h4-9,14,16H,1-3H3,(H,20,21,22). The summed E-state index contributed by atoms with van der Waals surface area (Å²) in [5.41, 5.74) is 1.63. The first-order valence-corrected chi connectivity index (χ1v) is 8.00. The molecule has 2 aromatic rings. The van der Waals surface area contributed by atoms with E-state index in [-0.39, 0.29) is 11.9 Å². The van der Waals surface area contributed by atoms with Crippen molar-refractivity contribution >= 4 is 11.9 Å². The Bertz CT molecular complexity index is 831. The molecule has 2 heterocycles. The van der Waals surface area contributed by atoms with Crippen LogP contribution in [0.5, 0.6) is 5.75 Å². The average Bonchev–Trinajstić information content (AvgIpc) is 3.01. The summed E-state index contributed by atoms with van der Waals surface area (Å²) < 4.78 is 36.0. The van der Waals surface area contributed by atoms with Gasteiger partial charge in [-0.05, 0) is 38.5 Å². The first-order chi connectivity index (χ1) is 12.4. The number of rotatable bonds is 5. The number of aromatic nitrogens is 3. The maximum absolute atomic E-state index is 12.6. The Morgan fingerprint density at radius 1 is 1.27 bits per heavy atom. The lowest BCUT2D eigenvalue weighted by atomic mass is 9.95. The first kappa shape index (κ1) is 17.8. The molecule has 1 aromatic carbocycles. The topological polar surface area (TPSA) is 78.3 Å². The van der Waals surface area contributed by atoms with E-state index in [2.05, 4.69) is 20.1 Å². The lowest BCUT2D eigenvalue weighted by molar-refractivity contribution is -0.143. The summed E-state index contributed by atoms with van der Waals surface area (Å²) >= 11 is 0. The largest absolute Gasteiger partial charge is 0.459 e. The predicted molar refractivity (Wildman–Crippen MR) is 88.8 cm³/mol. The Balaban J connectivity index is 2.02. The number of esters is 1. The van der Waals surface area contributed by atoms with Gasteiger partial charge in [0.15, 0.2) is 0 Å². The highest BCUT2D eigenvalue weighted by molar-refractivity contribution is 5.92. The van der Waals surface area contributed by atoms with Gasteiger partial charge in [0, 0.05) is 5.70 Å². The SMILES string of the molecule is CC1=C(C(=O)OC(C)C)C(c2ccc(OC(F)F)cc2)n2ncnc2N1. The van der Waals surface area contributed by atoms with E-state index in [0.29, 0.717) is 22.8 Å². The fourth-order valence-corrected chi connectivity index (χ4v) is 2.77. The maximum atomic E-state index is 12.6. The van der Waals surface area contributed by atoms with Crippen LogP contribution < -0.4 is 10.1 Å². The fraction of sp³-hybridized carbons (Fsp3) is 0.353. The molecule has 7 nitrogen and oxygen atoms in total. The lowest BCUT2D eigenvalue weighted by Gasteiger charge is -2.28. The number of hydrogen-bond acceptors (Lipinski definition) is 6. The minimum absolute atomic E-state index is 0.0310. The normalized spacial score (nSPS) is 16.5. The molecule has 9 heteroatoms. The van der Waals surface area contributed by atoms with Crippen molar-refractivity contribution in [1.82, 2.24) is 14.8 Å². The molecule has 0 fully saturated rings. The molecule has 1 aliphatic heterocycles. The summed E-state index contributed by atoms with van der Waals surface area (Å²) in [6, 6.07) is 5.45. The van der Waals surface area contributed by atoms with Crippen LogP contribution in [-0.2, 0) is 9.53 Å². The van der Waals surface area contributed by atoms with Crippen LogP contribution in [0.3, 0.4) is 0 Å². The molecule has 0 saturated carbocycles. The van der Waals surface area contributed by atoms with E-state index in [1.807, 2.05) is 0 Å². The van der Waals surface area contributed by atoms with Gasteiger partial charge >= 0.3 is 12.6 Å². The molecule has 26 heavy (non-hydrogen) atoms. The van der Waals surface area contributed by atoms with E-state index in [0.717, 1.165) is 0 Å². The number of anilines is 1.